The van der Waals surface area contributed by atoms with Gasteiger partial charge in [-0.2, -0.15) is 0 Å². The van der Waals surface area contributed by atoms with E-state index in [2.05, 4.69) is 4.90 Å². The summed E-state index contributed by atoms with van der Waals surface area (Å²) in [6.45, 7) is 3.00. The summed E-state index contributed by atoms with van der Waals surface area (Å²) in [5.74, 6) is -2.14. The van der Waals surface area contributed by atoms with Crippen LogP contribution in [-0.4, -0.2) is 69.7 Å². The summed E-state index contributed by atoms with van der Waals surface area (Å²) < 4.78 is 1.73. The van der Waals surface area contributed by atoms with Crippen LogP contribution < -0.4 is 0 Å². The van der Waals surface area contributed by atoms with Crippen LogP contribution in [0.15, 0.2) is 54.6 Å². The van der Waals surface area contributed by atoms with E-state index in [1.807, 2.05) is 66.5 Å². The lowest BCUT2D eigenvalue weighted by Gasteiger charge is -2.36. The molecule has 1 aliphatic heterocycles. The van der Waals surface area contributed by atoms with E-state index < -0.39 is 18.0 Å². The van der Waals surface area contributed by atoms with E-state index in [1.165, 1.54) is 0 Å². The molecule has 2 heterocycles. The smallest absolute Gasteiger partial charge is 0.352 e. The quantitative estimate of drug-likeness (QED) is 0.654. The van der Waals surface area contributed by atoms with Gasteiger partial charge in [-0.25, -0.2) is 4.79 Å². The fraction of sp³-hybridized carbons (Fsp3) is 0.304. The number of carboxylic acids is 2. The fourth-order valence-corrected chi connectivity index (χ4v) is 4.31. The zero-order valence-electron chi connectivity index (χ0n) is 16.9. The highest BCUT2D eigenvalue weighted by Crippen LogP contribution is 2.35. The number of aliphatic carboxylic acids is 1. The van der Waals surface area contributed by atoms with Gasteiger partial charge < -0.3 is 19.7 Å². The zero-order valence-corrected chi connectivity index (χ0v) is 16.9. The van der Waals surface area contributed by atoms with Crippen molar-refractivity contribution >= 4 is 22.8 Å². The van der Waals surface area contributed by atoms with Crippen LogP contribution in [0.3, 0.4) is 0 Å². The Bertz CT molecular complexity index is 1070. The minimum absolute atomic E-state index is 0.0476. The molecule has 30 heavy (non-hydrogen) atoms. The molecular weight excluding hydrogens is 382 g/mol. The van der Waals surface area contributed by atoms with Crippen LogP contribution in [0, 0.1) is 0 Å². The number of hydrogen-bond acceptors (Lipinski definition) is 4. The third-order valence-electron chi connectivity index (χ3n) is 5.81. The van der Waals surface area contributed by atoms with E-state index in [1.54, 1.807) is 4.57 Å². The minimum Gasteiger partial charge on any atom is -0.480 e. The van der Waals surface area contributed by atoms with Crippen LogP contribution in [0.25, 0.3) is 10.9 Å². The minimum atomic E-state index is -1.11. The molecule has 1 saturated heterocycles. The Balaban J connectivity index is 1.91. The van der Waals surface area contributed by atoms with Crippen molar-refractivity contribution in [2.24, 2.45) is 0 Å². The first kappa shape index (κ1) is 20.1. The third-order valence-corrected chi connectivity index (χ3v) is 5.81. The second kappa shape index (κ2) is 8.30. The number of hydrogen-bond donors (Lipinski definition) is 2. The summed E-state index contributed by atoms with van der Waals surface area (Å²) in [7, 11) is 2.00. The molecule has 0 radical (unpaired) electrons. The van der Waals surface area contributed by atoms with E-state index in [-0.39, 0.29) is 5.69 Å². The number of rotatable bonds is 6. The lowest BCUT2D eigenvalue weighted by molar-refractivity contribution is -0.144. The Kier molecular flexibility index (Phi) is 5.57. The first-order valence-electron chi connectivity index (χ1n) is 10.0. The number of piperazine rings is 1. The monoisotopic (exact) mass is 407 g/mol. The molecule has 7 nitrogen and oxygen atoms in total. The second-order valence-corrected chi connectivity index (χ2v) is 7.74. The van der Waals surface area contributed by atoms with E-state index in [0.717, 1.165) is 24.2 Å². The molecule has 0 spiro atoms. The molecule has 1 aromatic heterocycles. The maximum atomic E-state index is 12.4. The van der Waals surface area contributed by atoms with Gasteiger partial charge in [-0.05, 0) is 18.7 Å². The molecule has 156 valence electrons. The molecule has 2 N–H and O–H groups in total. The number of carbonyl (C=O) groups is 2. The normalized spacial score (nSPS) is 16.6. The van der Waals surface area contributed by atoms with Gasteiger partial charge in [0, 0.05) is 49.2 Å². The van der Waals surface area contributed by atoms with Crippen LogP contribution >= 0.6 is 0 Å². The molecule has 0 amide bonds. The van der Waals surface area contributed by atoms with Crippen molar-refractivity contribution in [3.05, 3.63) is 71.4 Å². The summed E-state index contributed by atoms with van der Waals surface area (Å²) in [5.41, 5.74) is 2.10. The van der Waals surface area contributed by atoms with Gasteiger partial charge in [-0.3, -0.25) is 9.69 Å². The summed E-state index contributed by atoms with van der Waals surface area (Å²) in [6, 6.07) is 16.0. The Morgan fingerprint density at radius 3 is 2.20 bits per heavy atom. The molecule has 7 heteroatoms. The van der Waals surface area contributed by atoms with Crippen molar-refractivity contribution in [1.29, 1.82) is 0 Å². The van der Waals surface area contributed by atoms with Crippen molar-refractivity contribution in [2.45, 2.75) is 12.6 Å². The summed E-state index contributed by atoms with van der Waals surface area (Å²) in [4.78, 5) is 28.9. The van der Waals surface area contributed by atoms with Crippen molar-refractivity contribution in [3.63, 3.8) is 0 Å². The van der Waals surface area contributed by atoms with Crippen LogP contribution in [0.2, 0.25) is 0 Å². The van der Waals surface area contributed by atoms with Gasteiger partial charge in [-0.15, -0.1) is 0 Å². The van der Waals surface area contributed by atoms with Crippen LogP contribution in [0.4, 0.5) is 0 Å². The maximum Gasteiger partial charge on any atom is 0.352 e. The Morgan fingerprint density at radius 2 is 1.57 bits per heavy atom. The van der Waals surface area contributed by atoms with Crippen LogP contribution in [-0.2, 0) is 11.3 Å². The Hall–Kier alpha value is -3.16. The van der Waals surface area contributed by atoms with E-state index >= 15 is 0 Å². The molecule has 0 aliphatic carbocycles. The Labute approximate surface area is 174 Å². The average molecular weight is 407 g/mol. The largest absolute Gasteiger partial charge is 0.480 e. The summed E-state index contributed by atoms with van der Waals surface area (Å²) >= 11 is 0. The second-order valence-electron chi connectivity index (χ2n) is 7.74. The van der Waals surface area contributed by atoms with E-state index in [0.29, 0.717) is 30.6 Å². The lowest BCUT2D eigenvalue weighted by Crippen LogP contribution is -2.48. The number of carboxylic acid groups (broad SMARTS) is 2. The molecule has 0 saturated carbocycles. The maximum absolute atomic E-state index is 12.4. The standard InChI is InChI=1S/C23H25N3O4/c1-24-11-13-25(14-12-24)20(22(27)28)19-17-9-5-6-10-18(17)26(21(19)23(29)30)15-16-7-3-2-4-8-16/h2-10,20H,11-15H2,1H3,(H,27,28)(H,29,30). The molecule has 1 atom stereocenters. The lowest BCUT2D eigenvalue weighted by atomic mass is 10.00. The number of aromatic nitrogens is 1. The van der Waals surface area contributed by atoms with Gasteiger partial charge in [0.05, 0.1) is 0 Å². The molecule has 1 fully saturated rings. The number of benzene rings is 2. The first-order valence-corrected chi connectivity index (χ1v) is 10.0. The topological polar surface area (TPSA) is 86.0 Å². The van der Waals surface area contributed by atoms with E-state index in [4.69, 9.17) is 0 Å². The zero-order chi connectivity index (χ0) is 21.3. The number of aromatic carboxylic acids is 1. The fourth-order valence-electron chi connectivity index (χ4n) is 4.31. The predicted molar refractivity (Wildman–Crippen MR) is 114 cm³/mol. The van der Waals surface area contributed by atoms with Gasteiger partial charge in [0.1, 0.15) is 11.7 Å². The van der Waals surface area contributed by atoms with Gasteiger partial charge in [0.2, 0.25) is 0 Å². The number of nitrogens with zero attached hydrogens (tertiary/aromatic N) is 3. The van der Waals surface area contributed by atoms with Gasteiger partial charge in [0.25, 0.3) is 0 Å². The van der Waals surface area contributed by atoms with Gasteiger partial charge in [0.15, 0.2) is 0 Å². The van der Waals surface area contributed by atoms with Crippen molar-refractivity contribution in [2.75, 3.05) is 33.2 Å². The highest BCUT2D eigenvalue weighted by atomic mass is 16.4. The van der Waals surface area contributed by atoms with Crippen molar-refractivity contribution in [3.8, 4) is 0 Å². The van der Waals surface area contributed by atoms with Gasteiger partial charge in [-0.1, -0.05) is 48.5 Å². The SMILES string of the molecule is CN1CCN(C(C(=O)O)c2c(C(=O)O)n(Cc3ccccc3)c3ccccc23)CC1. The molecule has 2 aromatic carbocycles. The van der Waals surface area contributed by atoms with Crippen molar-refractivity contribution in [1.82, 2.24) is 14.4 Å². The highest BCUT2D eigenvalue weighted by Gasteiger charge is 2.36. The summed E-state index contributed by atoms with van der Waals surface area (Å²) in [5, 5.41) is 21.0. The molecular formula is C23H25N3O4. The molecule has 3 aromatic rings. The molecule has 1 aliphatic rings. The van der Waals surface area contributed by atoms with Crippen LogP contribution in [0.1, 0.15) is 27.7 Å². The highest BCUT2D eigenvalue weighted by molar-refractivity contribution is 6.01. The third kappa shape index (κ3) is 3.69. The Morgan fingerprint density at radius 1 is 0.933 bits per heavy atom. The average Bonchev–Trinajstić information content (AvgIpc) is 3.04. The number of fused-ring (bicyclic) bond motifs is 1. The number of likely N-dealkylation sites (N-methyl/N-ethyl adjacent to an activating group) is 1. The van der Waals surface area contributed by atoms with Crippen LogP contribution in [0.5, 0.6) is 0 Å². The van der Waals surface area contributed by atoms with Gasteiger partial charge >= 0.3 is 11.9 Å². The molecule has 1 unspecified atom stereocenters. The molecule has 0 bridgehead atoms. The van der Waals surface area contributed by atoms with E-state index in [9.17, 15) is 19.8 Å². The first-order chi connectivity index (χ1) is 14.5. The number of para-hydroxylation sites is 1. The summed E-state index contributed by atoms with van der Waals surface area (Å²) in [6.07, 6.45) is 0. The van der Waals surface area contributed by atoms with Crippen molar-refractivity contribution < 1.29 is 19.8 Å². The predicted octanol–water partition coefficient (Wildman–Crippen LogP) is 2.76. The molecule has 4 rings (SSSR count).